The molecule has 1 aromatic heterocycles. The second kappa shape index (κ2) is 3.49. The van der Waals surface area contributed by atoms with Gasteiger partial charge in [0, 0.05) is 17.9 Å². The maximum atomic E-state index is 5.67. The Morgan fingerprint density at radius 3 is 2.64 bits per heavy atom. The van der Waals surface area contributed by atoms with E-state index in [-0.39, 0.29) is 6.04 Å². The number of hydrogen-bond acceptors (Lipinski definition) is 2. The zero-order chi connectivity index (χ0) is 8.27. The monoisotopic (exact) mass is 150 g/mol. The van der Waals surface area contributed by atoms with Crippen molar-refractivity contribution in [1.29, 1.82) is 0 Å². The number of rotatable bonds is 2. The lowest BCUT2D eigenvalue weighted by Gasteiger charge is -2.04. The topological polar surface area (TPSA) is 38.9 Å². The molecule has 1 rings (SSSR count). The molecule has 1 aromatic rings. The lowest BCUT2D eigenvalue weighted by atomic mass is 10.1. The summed E-state index contributed by atoms with van der Waals surface area (Å²) in [5, 5.41) is 0. The summed E-state index contributed by atoms with van der Waals surface area (Å²) < 4.78 is 0. The number of nitrogens with two attached hydrogens (primary N) is 1. The minimum Gasteiger partial charge on any atom is -0.324 e. The fraction of sp³-hybridized carbons (Fsp3) is 0.444. The van der Waals surface area contributed by atoms with Crippen LogP contribution in [0, 0.1) is 0 Å². The average Bonchev–Trinajstić information content (AvgIpc) is 2.05. The standard InChI is InChI=1S/C9H14N2/c1-3-9-5-4-8(6-11-9)7(2)10/h4-7H,3,10H2,1-2H3/t7-/m0/s1. The minimum absolute atomic E-state index is 0.0911. The van der Waals surface area contributed by atoms with Gasteiger partial charge in [0.1, 0.15) is 0 Å². The van der Waals surface area contributed by atoms with Crippen molar-refractivity contribution in [1.82, 2.24) is 4.98 Å². The largest absolute Gasteiger partial charge is 0.324 e. The Labute approximate surface area is 67.5 Å². The molecule has 0 aliphatic heterocycles. The van der Waals surface area contributed by atoms with Crippen LogP contribution < -0.4 is 5.73 Å². The first-order valence-electron chi connectivity index (χ1n) is 3.94. The van der Waals surface area contributed by atoms with E-state index < -0.39 is 0 Å². The van der Waals surface area contributed by atoms with E-state index in [1.165, 1.54) is 0 Å². The SMILES string of the molecule is CCc1ccc([C@H](C)N)cn1. The zero-order valence-corrected chi connectivity index (χ0v) is 7.04. The summed E-state index contributed by atoms with van der Waals surface area (Å²) in [7, 11) is 0. The summed E-state index contributed by atoms with van der Waals surface area (Å²) in [6.07, 6.45) is 2.84. The molecule has 11 heavy (non-hydrogen) atoms. The first-order chi connectivity index (χ1) is 5.24. The lowest BCUT2D eigenvalue weighted by Crippen LogP contribution is -2.05. The molecule has 1 atom stereocenters. The number of aromatic nitrogens is 1. The van der Waals surface area contributed by atoms with Gasteiger partial charge in [0.25, 0.3) is 0 Å². The predicted molar refractivity (Wildman–Crippen MR) is 46.2 cm³/mol. The molecule has 0 amide bonds. The maximum Gasteiger partial charge on any atom is 0.0401 e. The van der Waals surface area contributed by atoms with Gasteiger partial charge in [-0.3, -0.25) is 4.98 Å². The fourth-order valence-electron chi connectivity index (χ4n) is 0.914. The quantitative estimate of drug-likeness (QED) is 0.696. The van der Waals surface area contributed by atoms with Crippen LogP contribution in [-0.4, -0.2) is 4.98 Å². The molecule has 2 heteroatoms. The third-order valence-corrected chi connectivity index (χ3v) is 1.74. The van der Waals surface area contributed by atoms with Crippen LogP contribution in [0.4, 0.5) is 0 Å². The second-order valence-electron chi connectivity index (χ2n) is 2.73. The van der Waals surface area contributed by atoms with E-state index in [0.29, 0.717) is 0 Å². The van der Waals surface area contributed by atoms with Crippen LogP contribution in [0.5, 0.6) is 0 Å². The summed E-state index contributed by atoms with van der Waals surface area (Å²) in [5.74, 6) is 0. The van der Waals surface area contributed by atoms with E-state index in [0.717, 1.165) is 17.7 Å². The first kappa shape index (κ1) is 8.21. The third kappa shape index (κ3) is 2.02. The van der Waals surface area contributed by atoms with E-state index in [1.807, 2.05) is 25.3 Å². The highest BCUT2D eigenvalue weighted by Gasteiger charge is 1.98. The minimum atomic E-state index is 0.0911. The highest BCUT2D eigenvalue weighted by atomic mass is 14.7. The Morgan fingerprint density at radius 1 is 1.55 bits per heavy atom. The summed E-state index contributed by atoms with van der Waals surface area (Å²) in [5.41, 5.74) is 7.88. The Balaban J connectivity index is 2.83. The molecule has 0 unspecified atom stereocenters. The van der Waals surface area contributed by atoms with Crippen LogP contribution in [0.1, 0.15) is 31.1 Å². The summed E-state index contributed by atoms with van der Waals surface area (Å²) in [6, 6.07) is 4.16. The molecule has 2 N–H and O–H groups in total. The molecule has 0 aliphatic rings. The summed E-state index contributed by atoms with van der Waals surface area (Å²) >= 11 is 0. The molecule has 2 nitrogen and oxygen atoms in total. The fourth-order valence-corrected chi connectivity index (χ4v) is 0.914. The van der Waals surface area contributed by atoms with E-state index in [9.17, 15) is 0 Å². The molecular weight excluding hydrogens is 136 g/mol. The van der Waals surface area contributed by atoms with Crippen LogP contribution in [0.25, 0.3) is 0 Å². The van der Waals surface area contributed by atoms with Gasteiger partial charge in [-0.05, 0) is 25.0 Å². The van der Waals surface area contributed by atoms with Crippen molar-refractivity contribution in [2.24, 2.45) is 5.73 Å². The van der Waals surface area contributed by atoms with Crippen LogP contribution in [0.2, 0.25) is 0 Å². The van der Waals surface area contributed by atoms with Crippen molar-refractivity contribution in [2.75, 3.05) is 0 Å². The van der Waals surface area contributed by atoms with Crippen LogP contribution in [0.3, 0.4) is 0 Å². The molecule has 0 spiro atoms. The normalized spacial score (nSPS) is 13.0. The predicted octanol–water partition coefficient (Wildman–Crippen LogP) is 1.66. The maximum absolute atomic E-state index is 5.67. The summed E-state index contributed by atoms with van der Waals surface area (Å²) in [6.45, 7) is 4.05. The smallest absolute Gasteiger partial charge is 0.0401 e. The van der Waals surface area contributed by atoms with Gasteiger partial charge >= 0.3 is 0 Å². The van der Waals surface area contributed by atoms with Crippen molar-refractivity contribution in [3.05, 3.63) is 29.6 Å². The Morgan fingerprint density at radius 2 is 2.27 bits per heavy atom. The van der Waals surface area contributed by atoms with Crippen molar-refractivity contribution in [2.45, 2.75) is 26.3 Å². The molecule has 0 saturated carbocycles. The van der Waals surface area contributed by atoms with Gasteiger partial charge in [0.2, 0.25) is 0 Å². The number of pyridine rings is 1. The van der Waals surface area contributed by atoms with Gasteiger partial charge in [-0.15, -0.1) is 0 Å². The molecule has 0 radical (unpaired) electrons. The van der Waals surface area contributed by atoms with Crippen LogP contribution in [-0.2, 0) is 6.42 Å². The highest BCUT2D eigenvalue weighted by molar-refractivity contribution is 5.16. The van der Waals surface area contributed by atoms with E-state index in [1.54, 1.807) is 0 Å². The van der Waals surface area contributed by atoms with Crippen molar-refractivity contribution >= 4 is 0 Å². The molecule has 0 fully saturated rings. The summed E-state index contributed by atoms with van der Waals surface area (Å²) in [4.78, 5) is 4.24. The number of nitrogens with zero attached hydrogens (tertiary/aromatic N) is 1. The molecular formula is C9H14N2. The molecule has 60 valence electrons. The molecule has 0 saturated heterocycles. The first-order valence-corrected chi connectivity index (χ1v) is 3.94. The molecule has 0 aromatic carbocycles. The zero-order valence-electron chi connectivity index (χ0n) is 7.04. The van der Waals surface area contributed by atoms with E-state index in [4.69, 9.17) is 5.73 Å². The van der Waals surface area contributed by atoms with E-state index in [2.05, 4.69) is 11.9 Å². The van der Waals surface area contributed by atoms with Gasteiger partial charge in [-0.2, -0.15) is 0 Å². The molecule has 0 aliphatic carbocycles. The highest BCUT2D eigenvalue weighted by Crippen LogP contribution is 2.07. The van der Waals surface area contributed by atoms with Crippen molar-refractivity contribution < 1.29 is 0 Å². The van der Waals surface area contributed by atoms with Gasteiger partial charge < -0.3 is 5.73 Å². The second-order valence-corrected chi connectivity index (χ2v) is 2.73. The van der Waals surface area contributed by atoms with Crippen molar-refractivity contribution in [3.8, 4) is 0 Å². The van der Waals surface area contributed by atoms with Crippen molar-refractivity contribution in [3.63, 3.8) is 0 Å². The Hall–Kier alpha value is -0.890. The average molecular weight is 150 g/mol. The lowest BCUT2D eigenvalue weighted by molar-refractivity contribution is 0.807. The van der Waals surface area contributed by atoms with E-state index >= 15 is 0 Å². The Kier molecular flexibility index (Phi) is 2.60. The van der Waals surface area contributed by atoms with Crippen LogP contribution in [0.15, 0.2) is 18.3 Å². The molecule has 1 heterocycles. The van der Waals surface area contributed by atoms with Gasteiger partial charge in [0.05, 0.1) is 0 Å². The Bertz CT molecular complexity index is 214. The van der Waals surface area contributed by atoms with Gasteiger partial charge in [0.15, 0.2) is 0 Å². The number of aryl methyl sites for hydroxylation is 1. The molecule has 0 bridgehead atoms. The van der Waals surface area contributed by atoms with Gasteiger partial charge in [-0.25, -0.2) is 0 Å². The number of hydrogen-bond donors (Lipinski definition) is 1. The van der Waals surface area contributed by atoms with Gasteiger partial charge in [-0.1, -0.05) is 13.0 Å². The van der Waals surface area contributed by atoms with Crippen LogP contribution >= 0.6 is 0 Å². The third-order valence-electron chi connectivity index (χ3n) is 1.74.